The predicted molar refractivity (Wildman–Crippen MR) is 112 cm³/mol. The van der Waals surface area contributed by atoms with Crippen LogP contribution in [0, 0.1) is 0 Å². The van der Waals surface area contributed by atoms with Gasteiger partial charge in [0.2, 0.25) is 0 Å². The standard InChI is InChI=1S/C24H26N2O/c1-25(2)18-10-17-24(27)20-13-6-8-15-22(20)26(19-11-4-3-5-12-19)23-16-9-7-14-21(23)24/h3-9,11-16,27H,10,17-18H2,1-2H3. The third-order valence-corrected chi connectivity index (χ3v) is 5.34. The zero-order valence-electron chi connectivity index (χ0n) is 16.0. The molecule has 0 spiro atoms. The molecule has 1 aliphatic heterocycles. The van der Waals surface area contributed by atoms with Gasteiger partial charge >= 0.3 is 0 Å². The van der Waals surface area contributed by atoms with Gasteiger partial charge < -0.3 is 14.9 Å². The van der Waals surface area contributed by atoms with E-state index in [-0.39, 0.29) is 0 Å². The third kappa shape index (κ3) is 3.14. The molecular formula is C24H26N2O. The van der Waals surface area contributed by atoms with E-state index < -0.39 is 5.60 Å². The van der Waals surface area contributed by atoms with Crippen LogP contribution in [0.3, 0.4) is 0 Å². The fourth-order valence-corrected chi connectivity index (χ4v) is 4.09. The second kappa shape index (κ2) is 7.18. The molecule has 0 radical (unpaired) electrons. The molecule has 1 aliphatic rings. The summed E-state index contributed by atoms with van der Waals surface area (Å²) in [6.07, 6.45) is 1.62. The number of anilines is 3. The van der Waals surface area contributed by atoms with Gasteiger partial charge in [0, 0.05) is 16.8 Å². The Morgan fingerprint density at radius 2 is 1.30 bits per heavy atom. The van der Waals surface area contributed by atoms with Crippen LogP contribution in [-0.2, 0) is 5.60 Å². The molecule has 0 unspecified atom stereocenters. The third-order valence-electron chi connectivity index (χ3n) is 5.34. The van der Waals surface area contributed by atoms with Crippen LogP contribution in [0.5, 0.6) is 0 Å². The Balaban J connectivity index is 1.88. The largest absolute Gasteiger partial charge is 0.380 e. The molecular weight excluding hydrogens is 332 g/mol. The molecule has 0 fully saturated rings. The molecule has 1 N–H and O–H groups in total. The number of aliphatic hydroxyl groups is 1. The van der Waals surface area contributed by atoms with Gasteiger partial charge in [0.05, 0.1) is 11.4 Å². The van der Waals surface area contributed by atoms with Crippen molar-refractivity contribution in [3.8, 4) is 0 Å². The van der Waals surface area contributed by atoms with Crippen LogP contribution in [0.4, 0.5) is 17.1 Å². The van der Waals surface area contributed by atoms with Crippen LogP contribution in [-0.4, -0.2) is 30.6 Å². The first kappa shape index (κ1) is 17.8. The summed E-state index contributed by atoms with van der Waals surface area (Å²) in [6.45, 7) is 0.953. The van der Waals surface area contributed by atoms with Crippen molar-refractivity contribution >= 4 is 17.1 Å². The summed E-state index contributed by atoms with van der Waals surface area (Å²) in [4.78, 5) is 4.42. The second-order valence-corrected chi connectivity index (χ2v) is 7.47. The molecule has 0 aliphatic carbocycles. The van der Waals surface area contributed by atoms with Crippen molar-refractivity contribution in [2.75, 3.05) is 25.5 Å². The number of hydrogen-bond donors (Lipinski definition) is 1. The number of para-hydroxylation sites is 3. The average Bonchev–Trinajstić information content (AvgIpc) is 2.69. The topological polar surface area (TPSA) is 26.7 Å². The Morgan fingerprint density at radius 3 is 1.85 bits per heavy atom. The van der Waals surface area contributed by atoms with Gasteiger partial charge in [0.1, 0.15) is 5.60 Å². The molecule has 0 saturated heterocycles. The van der Waals surface area contributed by atoms with Gasteiger partial charge in [-0.15, -0.1) is 0 Å². The lowest BCUT2D eigenvalue weighted by Crippen LogP contribution is -2.36. The molecule has 0 atom stereocenters. The van der Waals surface area contributed by atoms with E-state index in [1.54, 1.807) is 0 Å². The Morgan fingerprint density at radius 1 is 0.778 bits per heavy atom. The summed E-state index contributed by atoms with van der Waals surface area (Å²) in [5.41, 5.74) is 4.18. The van der Waals surface area contributed by atoms with Crippen LogP contribution in [0.2, 0.25) is 0 Å². The molecule has 3 heteroatoms. The fraction of sp³-hybridized carbons (Fsp3) is 0.250. The Kier molecular flexibility index (Phi) is 4.73. The first-order valence-electron chi connectivity index (χ1n) is 9.52. The minimum absolute atomic E-state index is 0.696. The van der Waals surface area contributed by atoms with Gasteiger partial charge in [-0.25, -0.2) is 0 Å². The SMILES string of the molecule is CN(C)CCCC1(O)c2ccccc2N(c2ccccc2)c2ccccc21. The first-order chi connectivity index (χ1) is 13.1. The van der Waals surface area contributed by atoms with Crippen molar-refractivity contribution in [3.05, 3.63) is 90.0 Å². The quantitative estimate of drug-likeness (QED) is 0.691. The second-order valence-electron chi connectivity index (χ2n) is 7.47. The summed E-state index contributed by atoms with van der Waals surface area (Å²) < 4.78 is 0. The summed E-state index contributed by atoms with van der Waals surface area (Å²) in [5.74, 6) is 0. The zero-order chi connectivity index (χ0) is 18.9. The Bertz CT molecular complexity index is 873. The molecule has 27 heavy (non-hydrogen) atoms. The average molecular weight is 358 g/mol. The molecule has 0 saturated carbocycles. The monoisotopic (exact) mass is 358 g/mol. The lowest BCUT2D eigenvalue weighted by molar-refractivity contribution is 0.0661. The minimum Gasteiger partial charge on any atom is -0.380 e. The van der Waals surface area contributed by atoms with Gasteiger partial charge in [0.25, 0.3) is 0 Å². The lowest BCUT2D eigenvalue weighted by Gasteiger charge is -2.42. The molecule has 3 nitrogen and oxygen atoms in total. The first-order valence-corrected chi connectivity index (χ1v) is 9.52. The van der Waals surface area contributed by atoms with Gasteiger partial charge in [-0.05, 0) is 57.7 Å². The number of rotatable bonds is 5. The van der Waals surface area contributed by atoms with Gasteiger partial charge in [0.15, 0.2) is 0 Å². The number of benzene rings is 3. The summed E-state index contributed by atoms with van der Waals surface area (Å²) in [5, 5.41) is 11.9. The van der Waals surface area contributed by atoms with E-state index in [2.05, 4.69) is 72.4 Å². The van der Waals surface area contributed by atoms with Crippen LogP contribution in [0.1, 0.15) is 24.0 Å². The molecule has 0 aromatic heterocycles. The highest BCUT2D eigenvalue weighted by Gasteiger charge is 2.41. The molecule has 0 amide bonds. The molecule has 3 aromatic rings. The summed E-state index contributed by atoms with van der Waals surface area (Å²) in [6, 6.07) is 26.8. The van der Waals surface area contributed by atoms with Crippen molar-refractivity contribution in [2.24, 2.45) is 0 Å². The highest BCUT2D eigenvalue weighted by molar-refractivity contribution is 5.85. The molecule has 0 bridgehead atoms. The van der Waals surface area contributed by atoms with Crippen LogP contribution >= 0.6 is 0 Å². The van der Waals surface area contributed by atoms with E-state index in [0.29, 0.717) is 6.42 Å². The highest BCUT2D eigenvalue weighted by atomic mass is 16.3. The molecule has 4 rings (SSSR count). The smallest absolute Gasteiger partial charge is 0.119 e. The van der Waals surface area contributed by atoms with Crippen molar-refractivity contribution in [3.63, 3.8) is 0 Å². The number of fused-ring (bicyclic) bond motifs is 2. The van der Waals surface area contributed by atoms with Crippen molar-refractivity contribution in [2.45, 2.75) is 18.4 Å². The number of nitrogens with zero attached hydrogens (tertiary/aromatic N) is 2. The lowest BCUT2D eigenvalue weighted by atomic mass is 9.77. The van der Waals surface area contributed by atoms with Crippen LogP contribution in [0.15, 0.2) is 78.9 Å². The van der Waals surface area contributed by atoms with Crippen molar-refractivity contribution < 1.29 is 5.11 Å². The zero-order valence-corrected chi connectivity index (χ0v) is 16.0. The molecule has 3 aromatic carbocycles. The van der Waals surface area contributed by atoms with Gasteiger partial charge in [-0.3, -0.25) is 0 Å². The van der Waals surface area contributed by atoms with E-state index in [1.807, 2.05) is 30.3 Å². The van der Waals surface area contributed by atoms with E-state index in [9.17, 15) is 5.11 Å². The normalized spacial score (nSPS) is 14.7. The van der Waals surface area contributed by atoms with E-state index >= 15 is 0 Å². The number of hydrogen-bond acceptors (Lipinski definition) is 3. The van der Waals surface area contributed by atoms with Gasteiger partial charge in [-0.1, -0.05) is 54.6 Å². The fourth-order valence-electron chi connectivity index (χ4n) is 4.09. The van der Waals surface area contributed by atoms with Crippen LogP contribution < -0.4 is 4.90 Å². The van der Waals surface area contributed by atoms with Gasteiger partial charge in [-0.2, -0.15) is 0 Å². The van der Waals surface area contributed by atoms with Crippen molar-refractivity contribution in [1.29, 1.82) is 0 Å². The minimum atomic E-state index is -0.978. The molecule has 1 heterocycles. The Hall–Kier alpha value is -2.62. The highest BCUT2D eigenvalue weighted by Crippen LogP contribution is 2.52. The van der Waals surface area contributed by atoms with E-state index in [0.717, 1.165) is 41.2 Å². The van der Waals surface area contributed by atoms with Crippen LogP contribution in [0.25, 0.3) is 0 Å². The van der Waals surface area contributed by atoms with E-state index in [4.69, 9.17) is 0 Å². The maximum atomic E-state index is 11.9. The van der Waals surface area contributed by atoms with Crippen molar-refractivity contribution in [1.82, 2.24) is 4.90 Å². The Labute approximate surface area is 161 Å². The maximum absolute atomic E-state index is 11.9. The van der Waals surface area contributed by atoms with E-state index in [1.165, 1.54) is 0 Å². The summed E-state index contributed by atoms with van der Waals surface area (Å²) >= 11 is 0. The maximum Gasteiger partial charge on any atom is 0.119 e. The predicted octanol–water partition coefficient (Wildman–Crippen LogP) is 5.05. The summed E-state index contributed by atoms with van der Waals surface area (Å²) in [7, 11) is 4.15. The molecule has 138 valence electrons.